The van der Waals surface area contributed by atoms with Gasteiger partial charge in [-0.15, -0.1) is 0 Å². The lowest BCUT2D eigenvalue weighted by molar-refractivity contribution is -0.139. The van der Waals surface area contributed by atoms with Crippen LogP contribution < -0.4 is 31.6 Å². The molecule has 6 aromatic rings. The number of carbonyl (C=O) groups is 4. The molecule has 20 nitrogen and oxygen atoms in total. The van der Waals surface area contributed by atoms with Crippen molar-refractivity contribution in [1.29, 1.82) is 0 Å². The molecule has 4 aromatic heterocycles. The predicted octanol–water partition coefficient (Wildman–Crippen LogP) is 4.47. The minimum absolute atomic E-state index is 0.185. The van der Waals surface area contributed by atoms with Gasteiger partial charge in [0.25, 0.3) is 11.8 Å². The first-order valence-electron chi connectivity index (χ1n) is 20.6. The minimum Gasteiger partial charge on any atom is -0.491 e. The van der Waals surface area contributed by atoms with Crippen LogP contribution in [0.4, 0.5) is 11.9 Å². The molecule has 0 bridgehead atoms. The van der Waals surface area contributed by atoms with E-state index in [9.17, 15) is 19.2 Å². The summed E-state index contributed by atoms with van der Waals surface area (Å²) in [5.41, 5.74) is 15.9. The van der Waals surface area contributed by atoms with Crippen LogP contribution in [0.25, 0.3) is 22.1 Å². The van der Waals surface area contributed by atoms with Crippen LogP contribution in [0.5, 0.6) is 11.5 Å². The number of carbonyl (C=O) groups excluding carboxylic acids is 4. The van der Waals surface area contributed by atoms with Gasteiger partial charge in [0.15, 0.2) is 5.79 Å². The number of nitrogens with two attached hydrogens (primary N) is 2. The molecule has 2 aromatic carbocycles. The van der Waals surface area contributed by atoms with Crippen LogP contribution in [-0.4, -0.2) is 94.0 Å². The second kappa shape index (κ2) is 16.6. The summed E-state index contributed by atoms with van der Waals surface area (Å²) in [4.78, 5) is 62.0. The fraction of sp³-hybridized carbons (Fsp3) is 0.429. The average Bonchev–Trinajstić information content (AvgIpc) is 4.05. The number of nitrogens with one attached hydrogen (secondary N) is 2. The number of rotatable bonds is 16. The highest BCUT2D eigenvalue weighted by molar-refractivity contribution is 6.05. The highest BCUT2D eigenvalue weighted by Crippen LogP contribution is 2.39. The predicted molar refractivity (Wildman–Crippen MR) is 226 cm³/mol. The molecule has 6 N–H and O–H groups in total. The number of amides is 4. The van der Waals surface area contributed by atoms with Crippen LogP contribution in [0.3, 0.4) is 0 Å². The molecule has 1 fully saturated rings. The van der Waals surface area contributed by atoms with Gasteiger partial charge in [0.1, 0.15) is 40.5 Å². The van der Waals surface area contributed by atoms with Gasteiger partial charge in [0, 0.05) is 37.2 Å². The van der Waals surface area contributed by atoms with Crippen molar-refractivity contribution < 1.29 is 38.1 Å². The van der Waals surface area contributed by atoms with Crippen molar-refractivity contribution in [3.8, 4) is 11.5 Å². The number of primary amides is 2. The summed E-state index contributed by atoms with van der Waals surface area (Å²) in [6.07, 6.45) is 1.30. The largest absolute Gasteiger partial charge is 0.491 e. The van der Waals surface area contributed by atoms with Gasteiger partial charge < -0.3 is 39.5 Å². The molecule has 2 aliphatic heterocycles. The fourth-order valence-electron chi connectivity index (χ4n) is 8.12. The van der Waals surface area contributed by atoms with Gasteiger partial charge in [0.05, 0.1) is 47.8 Å². The number of benzene rings is 2. The molecule has 2 atom stereocenters. The Morgan fingerprint density at radius 3 is 2.00 bits per heavy atom. The number of imidazole rings is 2. The Morgan fingerprint density at radius 2 is 1.40 bits per heavy atom. The van der Waals surface area contributed by atoms with E-state index < -0.39 is 29.4 Å². The van der Waals surface area contributed by atoms with Crippen molar-refractivity contribution in [2.75, 3.05) is 30.5 Å². The number of anilines is 2. The molecule has 1 saturated heterocycles. The maximum Gasteiger partial charge on any atom is 0.276 e. The van der Waals surface area contributed by atoms with Crippen LogP contribution in [0.1, 0.15) is 106 Å². The lowest BCUT2D eigenvalue weighted by atomic mass is 10.1. The Labute approximate surface area is 355 Å². The third kappa shape index (κ3) is 8.17. The molecular formula is C42H50N12O8. The first-order valence-corrected chi connectivity index (χ1v) is 20.6. The normalized spacial score (nSPS) is 16.7. The lowest BCUT2D eigenvalue weighted by Gasteiger charge is -2.27. The second-order valence-corrected chi connectivity index (χ2v) is 15.9. The fourth-order valence-corrected chi connectivity index (χ4v) is 8.12. The summed E-state index contributed by atoms with van der Waals surface area (Å²) in [6, 6.07) is 9.37. The van der Waals surface area contributed by atoms with Crippen molar-refractivity contribution in [3.63, 3.8) is 0 Å². The van der Waals surface area contributed by atoms with Gasteiger partial charge in [-0.25, -0.2) is 9.97 Å². The highest BCUT2D eigenvalue weighted by Gasteiger charge is 2.33. The summed E-state index contributed by atoms with van der Waals surface area (Å²) in [6.45, 7) is 13.2. The molecule has 0 radical (unpaired) electrons. The van der Waals surface area contributed by atoms with Crippen molar-refractivity contribution in [2.45, 2.75) is 98.4 Å². The first-order chi connectivity index (χ1) is 29.6. The zero-order valence-electron chi connectivity index (χ0n) is 35.5. The van der Waals surface area contributed by atoms with E-state index in [0.717, 1.165) is 0 Å². The molecule has 20 heteroatoms. The number of fused-ring (bicyclic) bond motifs is 1. The Morgan fingerprint density at radius 1 is 0.806 bits per heavy atom. The topological polar surface area (TPSA) is 253 Å². The molecular weight excluding hydrogens is 801 g/mol. The van der Waals surface area contributed by atoms with E-state index in [0.29, 0.717) is 102 Å². The van der Waals surface area contributed by atoms with Crippen LogP contribution in [-0.2, 0) is 29.1 Å². The summed E-state index contributed by atoms with van der Waals surface area (Å²) in [7, 11) is 0. The molecule has 0 spiro atoms. The van der Waals surface area contributed by atoms with Gasteiger partial charge in [-0.2, -0.15) is 10.2 Å². The molecule has 0 aliphatic carbocycles. The zero-order chi connectivity index (χ0) is 44.0. The van der Waals surface area contributed by atoms with E-state index in [1.807, 2.05) is 50.7 Å². The number of hydrogen-bond donors (Lipinski definition) is 4. The second-order valence-electron chi connectivity index (χ2n) is 15.9. The van der Waals surface area contributed by atoms with Gasteiger partial charge in [-0.05, 0) is 90.8 Å². The molecule has 8 rings (SSSR count). The van der Waals surface area contributed by atoms with E-state index in [1.165, 1.54) is 0 Å². The quantitative estimate of drug-likeness (QED) is 0.105. The highest BCUT2D eigenvalue weighted by atomic mass is 16.7. The summed E-state index contributed by atoms with van der Waals surface area (Å²) < 4.78 is 31.3. The van der Waals surface area contributed by atoms with Crippen molar-refractivity contribution in [2.24, 2.45) is 11.5 Å². The van der Waals surface area contributed by atoms with E-state index in [-0.39, 0.29) is 48.4 Å². The third-order valence-electron chi connectivity index (χ3n) is 10.9. The maximum atomic E-state index is 13.9. The molecule has 4 amide bonds. The summed E-state index contributed by atoms with van der Waals surface area (Å²) in [5, 5.41) is 14.8. The number of aryl methyl sites for hydroxylation is 5. The number of aromatic nitrogens is 8. The third-order valence-corrected chi connectivity index (χ3v) is 10.9. The van der Waals surface area contributed by atoms with E-state index >= 15 is 0 Å². The Kier molecular flexibility index (Phi) is 11.2. The lowest BCUT2D eigenvalue weighted by Crippen LogP contribution is -2.26. The SMILES string of the molecule is CCn1nc(C)cc1C(=O)Nc1nc2cc(C(N)=O)cc(OCC[C@@H]3COC(C)(C)O3)c2n1CCC[C@H]1COc2cc(C(N)=O)cc3nc(NC(=O)c4cc(C)nn4CC)n1c23. The van der Waals surface area contributed by atoms with Gasteiger partial charge >= 0.3 is 0 Å². The maximum absolute atomic E-state index is 13.9. The van der Waals surface area contributed by atoms with Crippen molar-refractivity contribution in [1.82, 2.24) is 38.7 Å². The monoisotopic (exact) mass is 850 g/mol. The number of nitrogens with zero attached hydrogens (tertiary/aromatic N) is 8. The van der Waals surface area contributed by atoms with Gasteiger partial charge in [-0.1, -0.05) is 0 Å². The van der Waals surface area contributed by atoms with Crippen LogP contribution in [0, 0.1) is 13.8 Å². The first kappa shape index (κ1) is 41.9. The van der Waals surface area contributed by atoms with Crippen LogP contribution in [0.15, 0.2) is 36.4 Å². The van der Waals surface area contributed by atoms with E-state index in [1.54, 1.807) is 45.8 Å². The van der Waals surface area contributed by atoms with E-state index in [4.69, 9.17) is 40.4 Å². The Bertz CT molecular complexity index is 2740. The molecule has 0 saturated carbocycles. The molecule has 2 aliphatic rings. The van der Waals surface area contributed by atoms with Crippen molar-refractivity contribution in [3.05, 3.63) is 70.3 Å². The zero-order valence-corrected chi connectivity index (χ0v) is 35.5. The summed E-state index contributed by atoms with van der Waals surface area (Å²) >= 11 is 0. The van der Waals surface area contributed by atoms with Crippen LogP contribution >= 0.6 is 0 Å². The van der Waals surface area contributed by atoms with Gasteiger partial charge in [-0.3, -0.25) is 39.2 Å². The smallest absolute Gasteiger partial charge is 0.276 e. The average molecular weight is 851 g/mol. The molecule has 6 heterocycles. The van der Waals surface area contributed by atoms with Crippen molar-refractivity contribution >= 4 is 57.6 Å². The standard InChI is InChI=1S/C42H50N12O8/c1-7-52-30(14-22(3)49-52)38(57)47-40-45-28-16-24(36(43)55)18-32(59-13-11-27-21-61-42(5,6)62-27)34(28)51(40)12-9-10-26-20-60-33-19-25(37(44)56)17-29-35(33)54(26)41(46-29)48-39(58)31-15-23(4)50-53(31)8-2/h14-19,26-27H,7-13,20-21H2,1-6H3,(H2,43,55)(H2,44,56)(H,45,47,57)(H,46,48,58)/t26-,27+/m0/s1. The van der Waals surface area contributed by atoms with Gasteiger partial charge in [0.2, 0.25) is 23.7 Å². The Hall–Kier alpha value is -6.80. The number of ether oxygens (including phenoxy) is 4. The molecule has 62 heavy (non-hydrogen) atoms. The van der Waals surface area contributed by atoms with E-state index in [2.05, 4.69) is 20.8 Å². The number of hydrogen-bond acceptors (Lipinski definition) is 12. The van der Waals surface area contributed by atoms with Crippen LogP contribution in [0.2, 0.25) is 0 Å². The molecule has 0 unspecified atom stereocenters. The minimum atomic E-state index is -0.703. The molecule has 326 valence electrons. The summed E-state index contributed by atoms with van der Waals surface area (Å²) in [5.74, 6) is -1.59. The Balaban J connectivity index is 1.13.